The summed E-state index contributed by atoms with van der Waals surface area (Å²) in [5.74, 6) is 0.952. The highest BCUT2D eigenvalue weighted by atomic mass is 32.1. The Morgan fingerprint density at radius 2 is 2.00 bits per heavy atom. The van der Waals surface area contributed by atoms with Gasteiger partial charge in [0.15, 0.2) is 5.76 Å². The lowest BCUT2D eigenvalue weighted by atomic mass is 10.0. The Bertz CT molecular complexity index is 607. The van der Waals surface area contributed by atoms with Crippen LogP contribution in [0.1, 0.15) is 27.1 Å². The Labute approximate surface area is 120 Å². The van der Waals surface area contributed by atoms with E-state index in [1.54, 1.807) is 29.7 Å². The number of furan rings is 2. The lowest BCUT2D eigenvalue weighted by Crippen LogP contribution is -2.28. The molecule has 3 heterocycles. The molecule has 0 saturated carbocycles. The third kappa shape index (κ3) is 2.67. The number of carbonyl (C=O) groups excluding carboxylic acids is 1. The van der Waals surface area contributed by atoms with Gasteiger partial charge in [-0.3, -0.25) is 4.79 Å². The quantitative estimate of drug-likeness (QED) is 0.781. The molecular weight excluding hydrogens is 274 g/mol. The molecule has 20 heavy (non-hydrogen) atoms. The first-order valence-corrected chi connectivity index (χ1v) is 7.11. The Morgan fingerprint density at radius 1 is 1.15 bits per heavy atom. The van der Waals surface area contributed by atoms with E-state index in [4.69, 9.17) is 8.83 Å². The Balaban J connectivity index is 1.73. The minimum Gasteiger partial charge on any atom is -0.469 e. The van der Waals surface area contributed by atoms with Crippen molar-refractivity contribution in [3.8, 4) is 0 Å². The molecule has 3 aromatic heterocycles. The second-order valence-corrected chi connectivity index (χ2v) is 5.25. The van der Waals surface area contributed by atoms with Gasteiger partial charge in [0.1, 0.15) is 5.76 Å². The summed E-state index contributed by atoms with van der Waals surface area (Å²) in [5.41, 5.74) is 0. The van der Waals surface area contributed by atoms with Crippen LogP contribution in [0.3, 0.4) is 0 Å². The molecule has 0 aliphatic rings. The number of thiophene rings is 1. The fourth-order valence-corrected chi connectivity index (χ4v) is 2.85. The number of amides is 1. The molecule has 3 aromatic rings. The lowest BCUT2D eigenvalue weighted by molar-refractivity contribution is 0.0924. The van der Waals surface area contributed by atoms with E-state index in [1.807, 2.05) is 29.6 Å². The van der Waals surface area contributed by atoms with E-state index < -0.39 is 0 Å². The van der Waals surface area contributed by atoms with Crippen molar-refractivity contribution in [1.29, 1.82) is 0 Å². The molecule has 0 bridgehead atoms. The monoisotopic (exact) mass is 287 g/mol. The van der Waals surface area contributed by atoms with E-state index >= 15 is 0 Å². The number of hydrogen-bond acceptors (Lipinski definition) is 4. The van der Waals surface area contributed by atoms with Crippen molar-refractivity contribution in [2.24, 2.45) is 0 Å². The normalized spacial score (nSPS) is 12.2. The number of rotatable bonds is 5. The van der Waals surface area contributed by atoms with Crippen LogP contribution >= 0.6 is 11.3 Å². The molecule has 1 N–H and O–H groups in total. The Hall–Kier alpha value is -2.27. The Morgan fingerprint density at radius 3 is 2.65 bits per heavy atom. The van der Waals surface area contributed by atoms with Gasteiger partial charge in [-0.2, -0.15) is 0 Å². The van der Waals surface area contributed by atoms with Crippen LogP contribution in [0, 0.1) is 0 Å². The van der Waals surface area contributed by atoms with Gasteiger partial charge >= 0.3 is 0 Å². The zero-order chi connectivity index (χ0) is 13.8. The molecular formula is C15H13NO3S. The fraction of sp³-hybridized carbons (Fsp3) is 0.133. The van der Waals surface area contributed by atoms with Crippen molar-refractivity contribution in [1.82, 2.24) is 5.32 Å². The van der Waals surface area contributed by atoms with E-state index in [0.29, 0.717) is 12.3 Å². The minimum absolute atomic E-state index is 0.0175. The van der Waals surface area contributed by atoms with Crippen molar-refractivity contribution in [2.75, 3.05) is 6.54 Å². The molecule has 1 amide bonds. The maximum absolute atomic E-state index is 11.9. The smallest absolute Gasteiger partial charge is 0.287 e. The third-order valence-corrected chi connectivity index (χ3v) is 3.97. The number of hydrogen-bond donors (Lipinski definition) is 1. The van der Waals surface area contributed by atoms with Crippen molar-refractivity contribution in [2.45, 2.75) is 5.92 Å². The molecule has 4 nitrogen and oxygen atoms in total. The van der Waals surface area contributed by atoms with E-state index in [-0.39, 0.29) is 11.8 Å². The van der Waals surface area contributed by atoms with E-state index in [1.165, 1.54) is 6.26 Å². The predicted molar refractivity (Wildman–Crippen MR) is 75.9 cm³/mol. The third-order valence-electron chi connectivity index (χ3n) is 2.98. The van der Waals surface area contributed by atoms with Gasteiger partial charge in [-0.1, -0.05) is 6.07 Å². The summed E-state index contributed by atoms with van der Waals surface area (Å²) in [4.78, 5) is 13.1. The molecule has 0 fully saturated rings. The van der Waals surface area contributed by atoms with Crippen LogP contribution in [-0.2, 0) is 0 Å². The van der Waals surface area contributed by atoms with Crippen LogP contribution in [0.5, 0.6) is 0 Å². The van der Waals surface area contributed by atoms with Crippen LogP contribution in [0.25, 0.3) is 0 Å². The first-order valence-electron chi connectivity index (χ1n) is 6.23. The van der Waals surface area contributed by atoms with Gasteiger partial charge in [0.25, 0.3) is 5.91 Å². The molecule has 3 rings (SSSR count). The molecule has 0 aliphatic heterocycles. The largest absolute Gasteiger partial charge is 0.469 e. The first kappa shape index (κ1) is 12.7. The van der Waals surface area contributed by atoms with Crippen LogP contribution in [0.4, 0.5) is 0 Å². The van der Waals surface area contributed by atoms with Gasteiger partial charge in [0.05, 0.1) is 18.4 Å². The highest BCUT2D eigenvalue weighted by Gasteiger charge is 2.19. The average molecular weight is 287 g/mol. The van der Waals surface area contributed by atoms with Gasteiger partial charge < -0.3 is 14.2 Å². The topological polar surface area (TPSA) is 55.4 Å². The van der Waals surface area contributed by atoms with E-state index in [2.05, 4.69) is 5.32 Å². The van der Waals surface area contributed by atoms with Crippen LogP contribution in [0.2, 0.25) is 0 Å². The van der Waals surface area contributed by atoms with E-state index in [9.17, 15) is 4.79 Å². The SMILES string of the molecule is O=C(NCC(c1ccco1)c1cccs1)c1ccco1. The lowest BCUT2D eigenvalue weighted by Gasteiger charge is -2.13. The average Bonchev–Trinajstić information content (AvgIpc) is 3.22. The van der Waals surface area contributed by atoms with Gasteiger partial charge in [-0.15, -0.1) is 11.3 Å². The number of nitrogens with one attached hydrogen (secondary N) is 1. The van der Waals surface area contributed by atoms with Crippen molar-refractivity contribution in [3.63, 3.8) is 0 Å². The highest BCUT2D eigenvalue weighted by Crippen LogP contribution is 2.28. The maximum Gasteiger partial charge on any atom is 0.287 e. The predicted octanol–water partition coefficient (Wildman–Crippen LogP) is 3.50. The van der Waals surface area contributed by atoms with E-state index in [0.717, 1.165) is 10.6 Å². The van der Waals surface area contributed by atoms with Gasteiger partial charge in [0.2, 0.25) is 0 Å². The summed E-state index contributed by atoms with van der Waals surface area (Å²) >= 11 is 1.64. The summed E-state index contributed by atoms with van der Waals surface area (Å²) in [6.45, 7) is 0.466. The standard InChI is InChI=1S/C15H13NO3S/c17-15(13-5-2-8-19-13)16-10-11(12-4-1-7-18-12)14-6-3-9-20-14/h1-9,11H,10H2,(H,16,17). The summed E-state index contributed by atoms with van der Waals surface area (Å²) < 4.78 is 10.6. The summed E-state index contributed by atoms with van der Waals surface area (Å²) in [6, 6.07) is 11.1. The molecule has 0 saturated heterocycles. The van der Waals surface area contributed by atoms with Gasteiger partial charge in [0, 0.05) is 11.4 Å². The molecule has 0 spiro atoms. The Kier molecular flexibility index (Phi) is 3.69. The van der Waals surface area contributed by atoms with Crippen molar-refractivity contribution in [3.05, 3.63) is 70.7 Å². The zero-order valence-corrected chi connectivity index (χ0v) is 11.4. The summed E-state index contributed by atoms with van der Waals surface area (Å²) in [6.07, 6.45) is 3.13. The van der Waals surface area contributed by atoms with Crippen LogP contribution < -0.4 is 5.32 Å². The maximum atomic E-state index is 11.9. The van der Waals surface area contributed by atoms with Crippen molar-refractivity contribution >= 4 is 17.2 Å². The van der Waals surface area contributed by atoms with Gasteiger partial charge in [-0.05, 0) is 35.7 Å². The van der Waals surface area contributed by atoms with Crippen molar-refractivity contribution < 1.29 is 13.6 Å². The second-order valence-electron chi connectivity index (χ2n) is 4.27. The minimum atomic E-state index is -0.219. The molecule has 0 aromatic carbocycles. The van der Waals surface area contributed by atoms with Gasteiger partial charge in [-0.25, -0.2) is 0 Å². The first-order chi connectivity index (χ1) is 9.84. The zero-order valence-electron chi connectivity index (χ0n) is 10.6. The van der Waals surface area contributed by atoms with Crippen LogP contribution in [-0.4, -0.2) is 12.5 Å². The molecule has 5 heteroatoms. The molecule has 1 unspecified atom stereocenters. The molecule has 0 aliphatic carbocycles. The van der Waals surface area contributed by atoms with Crippen LogP contribution in [0.15, 0.2) is 63.1 Å². The summed E-state index contributed by atoms with van der Waals surface area (Å²) in [5, 5.41) is 4.89. The molecule has 1 atom stereocenters. The fourth-order valence-electron chi connectivity index (χ4n) is 2.01. The number of carbonyl (C=O) groups is 1. The summed E-state index contributed by atoms with van der Waals surface area (Å²) in [7, 11) is 0. The highest BCUT2D eigenvalue weighted by molar-refractivity contribution is 7.10. The molecule has 0 radical (unpaired) electrons. The second kappa shape index (κ2) is 5.79. The molecule has 102 valence electrons.